The molecule has 4 heterocycles. The van der Waals surface area contributed by atoms with Crippen molar-refractivity contribution < 1.29 is 22.9 Å². The van der Waals surface area contributed by atoms with Crippen LogP contribution in [0.15, 0.2) is 48.9 Å². The van der Waals surface area contributed by atoms with Crippen LogP contribution in [-0.2, 0) is 29.3 Å². The van der Waals surface area contributed by atoms with Crippen LogP contribution in [0.25, 0.3) is 11.2 Å². The van der Waals surface area contributed by atoms with E-state index in [2.05, 4.69) is 9.97 Å². The molecule has 152 valence electrons. The third kappa shape index (κ3) is 3.68. The van der Waals surface area contributed by atoms with Gasteiger partial charge in [0.05, 0.1) is 25.2 Å². The van der Waals surface area contributed by atoms with Gasteiger partial charge in [-0.3, -0.25) is 18.1 Å². The second-order valence-corrected chi connectivity index (χ2v) is 8.67. The lowest BCUT2D eigenvalue weighted by molar-refractivity contribution is -0.0704. The van der Waals surface area contributed by atoms with Gasteiger partial charge in [0.25, 0.3) is 0 Å². The number of phosphoric acid groups is 1. The van der Waals surface area contributed by atoms with Gasteiger partial charge in [0, 0.05) is 12.6 Å². The summed E-state index contributed by atoms with van der Waals surface area (Å²) in [6, 6.07) is 11.5. The average molecular weight is 416 g/mol. The molecular formula is C19H21N4O5P. The number of rotatable bonds is 5. The molecule has 0 spiro atoms. The van der Waals surface area contributed by atoms with E-state index in [1.54, 1.807) is 18.6 Å². The Bertz CT molecular complexity index is 1060. The maximum absolute atomic E-state index is 12.8. The zero-order chi connectivity index (χ0) is 19.8. The number of phosphoric ester groups is 1. The number of benzene rings is 1. The first kappa shape index (κ1) is 18.7. The van der Waals surface area contributed by atoms with E-state index in [-0.39, 0.29) is 25.5 Å². The fraction of sp³-hybridized carbons (Fsp3) is 0.368. The van der Waals surface area contributed by atoms with E-state index in [1.807, 2.05) is 34.9 Å². The molecule has 2 saturated heterocycles. The molecule has 0 bridgehead atoms. The quantitative estimate of drug-likeness (QED) is 0.632. The van der Waals surface area contributed by atoms with Crippen molar-refractivity contribution in [3.8, 4) is 0 Å². The summed E-state index contributed by atoms with van der Waals surface area (Å²) in [5.74, 6) is 0. The van der Waals surface area contributed by atoms with Crippen molar-refractivity contribution in [1.82, 2.24) is 14.5 Å². The highest BCUT2D eigenvalue weighted by molar-refractivity contribution is 7.48. The molecule has 2 aliphatic heterocycles. The number of hydrogen-bond acceptors (Lipinski definition) is 8. The Morgan fingerprint density at radius 2 is 2.07 bits per heavy atom. The number of fused-ring (bicyclic) bond motifs is 2. The first-order valence-electron chi connectivity index (χ1n) is 9.45. The highest BCUT2D eigenvalue weighted by Gasteiger charge is 2.48. The number of anilines is 1. The molecule has 2 fully saturated rings. The van der Waals surface area contributed by atoms with Gasteiger partial charge in [0.1, 0.15) is 24.0 Å². The maximum atomic E-state index is 12.8. The lowest BCUT2D eigenvalue weighted by Gasteiger charge is -2.29. The summed E-state index contributed by atoms with van der Waals surface area (Å²) in [5, 5.41) is 0. The molecule has 3 aromatic rings. The molecule has 2 aromatic heterocycles. The minimum absolute atomic E-state index is 0.145. The van der Waals surface area contributed by atoms with Crippen molar-refractivity contribution in [2.75, 3.05) is 18.9 Å². The largest absolute Gasteiger partial charge is 0.475 e. The van der Waals surface area contributed by atoms with E-state index in [0.717, 1.165) is 5.56 Å². The normalized spacial score (nSPS) is 29.2. The molecule has 9 nitrogen and oxygen atoms in total. The maximum Gasteiger partial charge on any atom is 0.475 e. The average Bonchev–Trinajstić information content (AvgIpc) is 3.33. The molecule has 5 rings (SSSR count). The molecule has 10 heteroatoms. The van der Waals surface area contributed by atoms with Crippen LogP contribution in [0.4, 0.5) is 5.69 Å². The van der Waals surface area contributed by atoms with Crippen LogP contribution < -0.4 is 5.73 Å². The van der Waals surface area contributed by atoms with Gasteiger partial charge in [-0.2, -0.15) is 0 Å². The summed E-state index contributed by atoms with van der Waals surface area (Å²) >= 11 is 0. The Labute approximate surface area is 167 Å². The molecule has 2 aliphatic rings. The van der Waals surface area contributed by atoms with Crippen molar-refractivity contribution in [2.45, 2.75) is 31.3 Å². The lowest BCUT2D eigenvalue weighted by Crippen LogP contribution is -2.33. The lowest BCUT2D eigenvalue weighted by atomic mass is 10.2. The number of nitrogens with two attached hydrogens (primary N) is 1. The van der Waals surface area contributed by atoms with Crippen molar-refractivity contribution in [3.05, 3.63) is 54.5 Å². The second kappa shape index (κ2) is 7.51. The number of nitrogen functional groups attached to an aromatic ring is 1. The van der Waals surface area contributed by atoms with Crippen LogP contribution in [0.2, 0.25) is 0 Å². The molecule has 0 amide bonds. The van der Waals surface area contributed by atoms with Gasteiger partial charge in [-0.15, -0.1) is 0 Å². The van der Waals surface area contributed by atoms with Gasteiger partial charge in [0.2, 0.25) is 0 Å². The SMILES string of the molecule is Nc1ccnc2c1ncn2[C@H]1C[C@@H]2OP(=O)(OCCc3ccccc3)OC[C@H]2O1. The third-order valence-electron chi connectivity index (χ3n) is 5.13. The molecule has 1 unspecified atom stereocenters. The van der Waals surface area contributed by atoms with E-state index >= 15 is 0 Å². The smallest absolute Gasteiger partial charge is 0.397 e. The molecule has 0 saturated carbocycles. The minimum Gasteiger partial charge on any atom is -0.397 e. The topological polar surface area (TPSA) is 111 Å². The zero-order valence-electron chi connectivity index (χ0n) is 15.6. The molecule has 29 heavy (non-hydrogen) atoms. The van der Waals surface area contributed by atoms with E-state index < -0.39 is 13.9 Å². The Hall–Kier alpha value is -2.29. The number of aromatic nitrogens is 3. The highest BCUT2D eigenvalue weighted by atomic mass is 31.2. The number of imidazole rings is 1. The van der Waals surface area contributed by atoms with E-state index in [4.69, 9.17) is 24.0 Å². The van der Waals surface area contributed by atoms with Crippen molar-refractivity contribution in [3.63, 3.8) is 0 Å². The monoisotopic (exact) mass is 416 g/mol. The van der Waals surface area contributed by atoms with Crippen LogP contribution in [0.1, 0.15) is 18.2 Å². The fourth-order valence-electron chi connectivity index (χ4n) is 3.64. The summed E-state index contributed by atoms with van der Waals surface area (Å²) in [7, 11) is -3.62. The van der Waals surface area contributed by atoms with Gasteiger partial charge in [-0.25, -0.2) is 14.5 Å². The molecule has 0 radical (unpaired) electrons. The second-order valence-electron chi connectivity index (χ2n) is 7.04. The molecule has 2 N–H and O–H groups in total. The van der Waals surface area contributed by atoms with Crippen molar-refractivity contribution >= 4 is 24.7 Å². The molecule has 1 aromatic carbocycles. The molecular weight excluding hydrogens is 395 g/mol. The Balaban J connectivity index is 1.24. The fourth-order valence-corrected chi connectivity index (χ4v) is 5.04. The van der Waals surface area contributed by atoms with Crippen molar-refractivity contribution in [1.29, 1.82) is 0 Å². The number of ether oxygens (including phenoxy) is 1. The van der Waals surface area contributed by atoms with E-state index in [1.165, 1.54) is 0 Å². The molecule has 0 aliphatic carbocycles. The first-order valence-corrected chi connectivity index (χ1v) is 10.9. The summed E-state index contributed by atoms with van der Waals surface area (Å²) in [4.78, 5) is 8.67. The van der Waals surface area contributed by atoms with Crippen LogP contribution >= 0.6 is 7.82 Å². The standard InChI is InChI=1S/C19H21N4O5P/c20-14-6-8-21-19-18(14)22-12-23(19)17-10-15-16(27-17)11-26-29(24,28-15)25-9-7-13-4-2-1-3-5-13/h1-6,8,12,15-17H,7,9-11H2,(H2,20,21)/t15-,16+,17+,29?/m0/s1. The summed E-state index contributed by atoms with van der Waals surface area (Å²) < 4.78 is 37.3. The van der Waals surface area contributed by atoms with Gasteiger partial charge in [-0.05, 0) is 18.1 Å². The van der Waals surface area contributed by atoms with Crippen molar-refractivity contribution in [2.24, 2.45) is 0 Å². The summed E-state index contributed by atoms with van der Waals surface area (Å²) in [6.45, 7) is 0.393. The predicted molar refractivity (Wildman–Crippen MR) is 105 cm³/mol. The van der Waals surface area contributed by atoms with Gasteiger partial charge >= 0.3 is 7.82 Å². The van der Waals surface area contributed by atoms with E-state index in [0.29, 0.717) is 29.7 Å². The predicted octanol–water partition coefficient (Wildman–Crippen LogP) is 3.08. The highest BCUT2D eigenvalue weighted by Crippen LogP contribution is 2.56. The van der Waals surface area contributed by atoms with E-state index in [9.17, 15) is 4.57 Å². The Kier molecular flexibility index (Phi) is 4.85. The zero-order valence-corrected chi connectivity index (χ0v) is 16.5. The number of hydrogen-bond donors (Lipinski definition) is 1. The van der Waals surface area contributed by atoms with Crippen LogP contribution in [-0.4, -0.2) is 40.0 Å². The van der Waals surface area contributed by atoms with Gasteiger partial charge < -0.3 is 10.5 Å². The van der Waals surface area contributed by atoms with Crippen LogP contribution in [0.5, 0.6) is 0 Å². The number of nitrogens with zero attached hydrogens (tertiary/aromatic N) is 3. The third-order valence-corrected chi connectivity index (χ3v) is 6.62. The Morgan fingerprint density at radius 1 is 1.21 bits per heavy atom. The summed E-state index contributed by atoms with van der Waals surface area (Å²) in [5.41, 5.74) is 8.86. The van der Waals surface area contributed by atoms with Crippen LogP contribution in [0.3, 0.4) is 0 Å². The minimum atomic E-state index is -3.62. The molecule has 4 atom stereocenters. The first-order chi connectivity index (χ1) is 14.1. The summed E-state index contributed by atoms with van der Waals surface area (Å²) in [6.07, 6.45) is 3.30. The van der Waals surface area contributed by atoms with Gasteiger partial charge in [-0.1, -0.05) is 30.3 Å². The Morgan fingerprint density at radius 3 is 2.93 bits per heavy atom. The van der Waals surface area contributed by atoms with Crippen LogP contribution in [0, 0.1) is 0 Å². The van der Waals surface area contributed by atoms with Gasteiger partial charge in [0.15, 0.2) is 5.65 Å². The number of pyridine rings is 1.